The van der Waals surface area contributed by atoms with Crippen LogP contribution >= 0.6 is 0 Å². The van der Waals surface area contributed by atoms with Crippen molar-refractivity contribution in [1.29, 1.82) is 0 Å². The van der Waals surface area contributed by atoms with Gasteiger partial charge in [0.1, 0.15) is 5.22 Å². The van der Waals surface area contributed by atoms with Crippen LogP contribution in [0.25, 0.3) is 0 Å². The van der Waals surface area contributed by atoms with Gasteiger partial charge in [0.25, 0.3) is 5.71 Å². The van der Waals surface area contributed by atoms with Gasteiger partial charge in [-0.05, 0) is 26.0 Å². The van der Waals surface area contributed by atoms with Gasteiger partial charge in [-0.1, -0.05) is 22.9 Å². The minimum atomic E-state index is -0.367. The number of rotatable bonds is 3. The molecule has 17 heavy (non-hydrogen) atoms. The van der Waals surface area contributed by atoms with Crippen LogP contribution in [0.15, 0.2) is 40.7 Å². The zero-order valence-electron chi connectivity index (χ0n) is 9.83. The molecule has 1 aliphatic heterocycles. The molecule has 2 rings (SSSR count). The van der Waals surface area contributed by atoms with E-state index >= 15 is 0 Å². The van der Waals surface area contributed by atoms with Crippen molar-refractivity contribution < 1.29 is 14.2 Å². The van der Waals surface area contributed by atoms with Gasteiger partial charge >= 0.3 is 5.97 Å². The van der Waals surface area contributed by atoms with Gasteiger partial charge in [0.15, 0.2) is 5.69 Å². The second kappa shape index (κ2) is 4.86. The molecule has 1 heterocycles. The van der Waals surface area contributed by atoms with Crippen LogP contribution in [0.2, 0.25) is 0 Å². The maximum atomic E-state index is 11.8. The van der Waals surface area contributed by atoms with Crippen molar-refractivity contribution in [2.45, 2.75) is 19.9 Å². The van der Waals surface area contributed by atoms with Crippen molar-refractivity contribution in [3.63, 3.8) is 0 Å². The molecular formula is C12H14N3O2+. The summed E-state index contributed by atoms with van der Waals surface area (Å²) < 4.78 is 6.54. The lowest BCUT2D eigenvalue weighted by Crippen LogP contribution is -2.29. The summed E-state index contributed by atoms with van der Waals surface area (Å²) in [5.41, 5.74) is 1.27. The highest BCUT2D eigenvalue weighted by Crippen LogP contribution is 2.18. The first kappa shape index (κ1) is 11.4. The van der Waals surface area contributed by atoms with Crippen LogP contribution in [-0.2, 0) is 9.53 Å². The fourth-order valence-electron chi connectivity index (χ4n) is 1.63. The van der Waals surface area contributed by atoms with Crippen LogP contribution in [-0.4, -0.2) is 29.0 Å². The molecule has 0 aliphatic carbocycles. The van der Waals surface area contributed by atoms with E-state index in [0.717, 1.165) is 5.69 Å². The van der Waals surface area contributed by atoms with E-state index in [0.29, 0.717) is 12.3 Å². The molecule has 1 atom stereocenters. The number of para-hydroxylation sites is 1. The molecule has 5 heteroatoms. The lowest BCUT2D eigenvalue weighted by atomic mass is 10.2. The second-order valence-electron chi connectivity index (χ2n) is 3.63. The quantitative estimate of drug-likeness (QED) is 0.592. The predicted molar refractivity (Wildman–Crippen MR) is 62.3 cm³/mol. The van der Waals surface area contributed by atoms with E-state index in [-0.39, 0.29) is 12.0 Å². The van der Waals surface area contributed by atoms with Crippen LogP contribution in [0.1, 0.15) is 13.8 Å². The van der Waals surface area contributed by atoms with Crippen molar-refractivity contribution in [3.8, 4) is 0 Å². The third-order valence-electron chi connectivity index (χ3n) is 2.42. The van der Waals surface area contributed by atoms with E-state index in [1.54, 1.807) is 6.92 Å². The zero-order valence-corrected chi connectivity index (χ0v) is 9.83. The molecule has 1 aliphatic rings. The van der Waals surface area contributed by atoms with Gasteiger partial charge in [0, 0.05) is 5.11 Å². The molecule has 0 aromatic heterocycles. The first-order valence-electron chi connectivity index (χ1n) is 5.54. The predicted octanol–water partition coefficient (Wildman–Crippen LogP) is 2.10. The highest BCUT2D eigenvalue weighted by atomic mass is 16.5. The Balaban J connectivity index is 2.41. The van der Waals surface area contributed by atoms with Gasteiger partial charge in [-0.25, -0.2) is 4.79 Å². The Labute approximate surface area is 99.4 Å². The summed E-state index contributed by atoms with van der Waals surface area (Å²) in [6.07, 6.45) is 0. The molecule has 1 aromatic carbocycles. The molecule has 0 radical (unpaired) electrons. The summed E-state index contributed by atoms with van der Waals surface area (Å²) in [5, 5.41) is 7.98. The monoisotopic (exact) mass is 232 g/mol. The third-order valence-corrected chi connectivity index (χ3v) is 2.42. The van der Waals surface area contributed by atoms with Gasteiger partial charge in [-0.15, -0.1) is 0 Å². The van der Waals surface area contributed by atoms with Gasteiger partial charge in [0.2, 0.25) is 6.04 Å². The normalized spacial score (nSPS) is 18.6. The topological polar surface area (TPSA) is 54.0 Å². The van der Waals surface area contributed by atoms with Gasteiger partial charge in [-0.2, -0.15) is 0 Å². The number of hydrogen-bond donors (Lipinski definition) is 0. The largest absolute Gasteiger partial charge is 0.460 e. The van der Waals surface area contributed by atoms with E-state index in [1.165, 1.54) is 4.68 Å². The SMILES string of the molecule is CCOC(=O)C1=[N+](c2ccccc2)N=NC1C. The number of nitrogens with zero attached hydrogens (tertiary/aromatic N) is 3. The Morgan fingerprint density at radius 1 is 1.41 bits per heavy atom. The molecule has 0 N–H and O–H groups in total. The summed E-state index contributed by atoms with van der Waals surface area (Å²) in [4.78, 5) is 11.8. The summed E-state index contributed by atoms with van der Waals surface area (Å²) in [6, 6.07) is 9.15. The van der Waals surface area contributed by atoms with Gasteiger partial charge in [-0.3, -0.25) is 0 Å². The fraction of sp³-hybridized carbons (Fsp3) is 0.333. The van der Waals surface area contributed by atoms with Crippen molar-refractivity contribution in [2.24, 2.45) is 10.3 Å². The Kier molecular flexibility index (Phi) is 3.27. The molecule has 0 fully saturated rings. The minimum absolute atomic E-state index is 0.269. The second-order valence-corrected chi connectivity index (χ2v) is 3.63. The molecule has 1 unspecified atom stereocenters. The van der Waals surface area contributed by atoms with Crippen molar-refractivity contribution in [1.82, 2.24) is 0 Å². The van der Waals surface area contributed by atoms with Crippen molar-refractivity contribution in [3.05, 3.63) is 30.3 Å². The number of esters is 1. The summed E-state index contributed by atoms with van der Waals surface area (Å²) in [5.74, 6) is -0.367. The Bertz CT molecular complexity index is 480. The van der Waals surface area contributed by atoms with Crippen LogP contribution in [0.4, 0.5) is 5.69 Å². The highest BCUT2D eigenvalue weighted by molar-refractivity contribution is 6.36. The number of ether oxygens (including phenoxy) is 1. The molecule has 0 bridgehead atoms. The molecular weight excluding hydrogens is 218 g/mol. The smallest absolute Gasteiger partial charge is 0.381 e. The first-order chi connectivity index (χ1) is 8.24. The molecule has 0 saturated heterocycles. The maximum Gasteiger partial charge on any atom is 0.381 e. The Hall–Kier alpha value is -2.04. The number of benzene rings is 1. The van der Waals surface area contributed by atoms with Gasteiger partial charge in [0.05, 0.1) is 6.61 Å². The molecule has 88 valence electrons. The van der Waals surface area contributed by atoms with Crippen LogP contribution in [0.3, 0.4) is 0 Å². The third kappa shape index (κ3) is 2.22. The van der Waals surface area contributed by atoms with E-state index in [4.69, 9.17) is 4.74 Å². The number of carbonyl (C=O) groups excluding carboxylic acids is 1. The molecule has 1 aromatic rings. The maximum absolute atomic E-state index is 11.8. The summed E-state index contributed by atoms with van der Waals surface area (Å²) >= 11 is 0. The van der Waals surface area contributed by atoms with Crippen LogP contribution in [0, 0.1) is 0 Å². The van der Waals surface area contributed by atoms with Crippen molar-refractivity contribution >= 4 is 17.4 Å². The molecule has 5 nitrogen and oxygen atoms in total. The zero-order chi connectivity index (χ0) is 12.3. The standard InChI is InChI=1S/C12H14N3O2/c1-3-17-12(16)11-9(2)13-14-15(11)10-7-5-4-6-8-10/h4-9H,3H2,1-2H3/q+1. The van der Waals surface area contributed by atoms with Crippen LogP contribution in [0.5, 0.6) is 0 Å². The molecule has 0 saturated carbocycles. The summed E-state index contributed by atoms with van der Waals surface area (Å²) in [6.45, 7) is 3.94. The fourth-order valence-corrected chi connectivity index (χ4v) is 1.63. The Morgan fingerprint density at radius 2 is 2.12 bits per heavy atom. The molecule has 0 spiro atoms. The van der Waals surface area contributed by atoms with Crippen molar-refractivity contribution in [2.75, 3.05) is 6.61 Å². The van der Waals surface area contributed by atoms with Crippen LogP contribution < -0.4 is 0 Å². The van der Waals surface area contributed by atoms with E-state index < -0.39 is 0 Å². The first-order valence-corrected chi connectivity index (χ1v) is 5.54. The van der Waals surface area contributed by atoms with E-state index in [1.807, 2.05) is 37.3 Å². The lowest BCUT2D eigenvalue weighted by molar-refractivity contribution is -0.448. The lowest BCUT2D eigenvalue weighted by Gasteiger charge is -2.02. The van der Waals surface area contributed by atoms with Gasteiger partial charge < -0.3 is 4.74 Å². The Morgan fingerprint density at radius 3 is 2.76 bits per heavy atom. The molecule has 0 amide bonds. The number of hydrogen-bond acceptors (Lipinski definition) is 4. The highest BCUT2D eigenvalue weighted by Gasteiger charge is 2.37. The summed E-state index contributed by atoms with van der Waals surface area (Å²) in [7, 11) is 0. The minimum Gasteiger partial charge on any atom is -0.460 e. The average Bonchev–Trinajstić information content (AvgIpc) is 2.73. The van der Waals surface area contributed by atoms with E-state index in [9.17, 15) is 4.79 Å². The van der Waals surface area contributed by atoms with E-state index in [2.05, 4.69) is 10.3 Å². The average molecular weight is 232 g/mol. The number of carbonyl (C=O) groups is 1.